The Morgan fingerprint density at radius 1 is 0.724 bits per heavy atom. The maximum absolute atomic E-state index is 13.4. The van der Waals surface area contributed by atoms with E-state index >= 15 is 0 Å². The normalized spacial score (nSPS) is 23.5. The Kier molecular flexibility index (Phi) is 4.07. The number of phenolic OH excluding ortho intramolecular Hbond substituents is 1. The van der Waals surface area contributed by atoms with Gasteiger partial charge in [-0.1, -0.05) is 54.6 Å². The Morgan fingerprint density at radius 2 is 1.31 bits per heavy atom. The molecule has 2 saturated heterocycles. The van der Waals surface area contributed by atoms with Gasteiger partial charge in [0.05, 0.1) is 17.4 Å². The molecule has 0 spiro atoms. The first-order chi connectivity index (χ1) is 14.2. The highest BCUT2D eigenvalue weighted by Crippen LogP contribution is 2.49. The minimum Gasteiger partial charge on any atom is -0.508 e. The van der Waals surface area contributed by atoms with Gasteiger partial charge in [0.2, 0.25) is 5.91 Å². The standard InChI is InChI=1S/C23H18N2O4/c26-18-14-8-7-13-17(18)20-19-21(29-25(20)16-11-5-2-6-12-16)23(28)24(22(19)27)15-9-3-1-4-10-15/h1-14,19-21,26H/t19-,20+,21+/m0/s1. The third-order valence-corrected chi connectivity index (χ3v) is 5.40. The van der Waals surface area contributed by atoms with Crippen molar-refractivity contribution in [3.05, 3.63) is 90.5 Å². The van der Waals surface area contributed by atoms with Crippen LogP contribution in [0.25, 0.3) is 0 Å². The van der Waals surface area contributed by atoms with Crippen molar-refractivity contribution in [2.75, 3.05) is 9.96 Å². The molecule has 1 N–H and O–H groups in total. The molecular formula is C23H18N2O4. The molecule has 3 atom stereocenters. The average Bonchev–Trinajstić information content (AvgIpc) is 3.26. The average molecular weight is 386 g/mol. The summed E-state index contributed by atoms with van der Waals surface area (Å²) in [5, 5.41) is 12.1. The van der Waals surface area contributed by atoms with Gasteiger partial charge in [-0.25, -0.2) is 9.96 Å². The molecule has 29 heavy (non-hydrogen) atoms. The van der Waals surface area contributed by atoms with E-state index in [4.69, 9.17) is 4.84 Å². The van der Waals surface area contributed by atoms with E-state index in [2.05, 4.69) is 0 Å². The zero-order valence-corrected chi connectivity index (χ0v) is 15.4. The summed E-state index contributed by atoms with van der Waals surface area (Å²) in [6.45, 7) is 0. The summed E-state index contributed by atoms with van der Waals surface area (Å²) >= 11 is 0. The fourth-order valence-corrected chi connectivity index (χ4v) is 4.10. The second-order valence-corrected chi connectivity index (χ2v) is 7.06. The lowest BCUT2D eigenvalue weighted by atomic mass is 9.90. The van der Waals surface area contributed by atoms with Crippen LogP contribution in [0, 0.1) is 5.92 Å². The van der Waals surface area contributed by atoms with E-state index in [0.29, 0.717) is 16.9 Å². The lowest BCUT2D eigenvalue weighted by molar-refractivity contribution is -0.126. The van der Waals surface area contributed by atoms with Crippen LogP contribution in [-0.2, 0) is 14.4 Å². The molecule has 3 aromatic carbocycles. The van der Waals surface area contributed by atoms with Gasteiger partial charge in [-0.15, -0.1) is 0 Å². The van der Waals surface area contributed by atoms with E-state index in [1.165, 1.54) is 4.90 Å². The summed E-state index contributed by atoms with van der Waals surface area (Å²) in [5.41, 5.74) is 1.77. The number of aromatic hydroxyl groups is 1. The Morgan fingerprint density at radius 3 is 1.97 bits per heavy atom. The second-order valence-electron chi connectivity index (χ2n) is 7.06. The van der Waals surface area contributed by atoms with Crippen molar-refractivity contribution in [3.8, 4) is 5.75 Å². The summed E-state index contributed by atoms with van der Waals surface area (Å²) in [7, 11) is 0. The molecule has 5 rings (SSSR count). The van der Waals surface area contributed by atoms with Gasteiger partial charge in [-0.3, -0.25) is 14.4 Å². The highest BCUT2D eigenvalue weighted by Gasteiger charge is 2.60. The van der Waals surface area contributed by atoms with Crippen molar-refractivity contribution in [1.82, 2.24) is 0 Å². The molecule has 0 aromatic heterocycles. The zero-order chi connectivity index (χ0) is 20.0. The van der Waals surface area contributed by atoms with E-state index < -0.39 is 24.0 Å². The number of para-hydroxylation sites is 3. The molecule has 2 amide bonds. The van der Waals surface area contributed by atoms with Gasteiger partial charge >= 0.3 is 0 Å². The van der Waals surface area contributed by atoms with E-state index in [1.54, 1.807) is 53.6 Å². The molecule has 6 nitrogen and oxygen atoms in total. The number of fused-ring (bicyclic) bond motifs is 1. The number of carbonyl (C=O) groups excluding carboxylic acids is 2. The van der Waals surface area contributed by atoms with Gasteiger partial charge in [0.15, 0.2) is 6.10 Å². The number of benzene rings is 3. The lowest BCUT2D eigenvalue weighted by Crippen LogP contribution is -2.37. The molecular weight excluding hydrogens is 368 g/mol. The first-order valence-electron chi connectivity index (χ1n) is 9.38. The van der Waals surface area contributed by atoms with Crippen LogP contribution in [0.4, 0.5) is 11.4 Å². The number of phenols is 1. The molecule has 3 aromatic rings. The summed E-state index contributed by atoms with van der Waals surface area (Å²) < 4.78 is 0. The number of amides is 2. The molecule has 2 heterocycles. The molecule has 0 unspecified atom stereocenters. The van der Waals surface area contributed by atoms with Crippen LogP contribution in [0.1, 0.15) is 11.6 Å². The Labute approximate surface area is 167 Å². The number of anilines is 2. The van der Waals surface area contributed by atoms with Gasteiger partial charge in [-0.05, 0) is 30.3 Å². The van der Waals surface area contributed by atoms with Crippen molar-refractivity contribution < 1.29 is 19.5 Å². The highest BCUT2D eigenvalue weighted by molar-refractivity contribution is 6.23. The third-order valence-electron chi connectivity index (χ3n) is 5.40. The maximum Gasteiger partial charge on any atom is 0.266 e. The largest absolute Gasteiger partial charge is 0.508 e. The van der Waals surface area contributed by atoms with Crippen molar-refractivity contribution in [2.24, 2.45) is 5.92 Å². The molecule has 6 heteroatoms. The summed E-state index contributed by atoms with van der Waals surface area (Å²) in [4.78, 5) is 33.7. The predicted octanol–water partition coefficient (Wildman–Crippen LogP) is 3.44. The number of carbonyl (C=O) groups is 2. The van der Waals surface area contributed by atoms with Crippen LogP contribution in [0.5, 0.6) is 5.75 Å². The fourth-order valence-electron chi connectivity index (χ4n) is 4.10. The Hall–Kier alpha value is -3.64. The third kappa shape index (κ3) is 2.68. The molecule has 0 radical (unpaired) electrons. The molecule has 144 valence electrons. The van der Waals surface area contributed by atoms with Crippen LogP contribution in [0.2, 0.25) is 0 Å². The van der Waals surface area contributed by atoms with E-state index in [9.17, 15) is 14.7 Å². The smallest absolute Gasteiger partial charge is 0.266 e. The van der Waals surface area contributed by atoms with Crippen LogP contribution in [-0.4, -0.2) is 23.0 Å². The van der Waals surface area contributed by atoms with Crippen molar-refractivity contribution in [3.63, 3.8) is 0 Å². The Bertz CT molecular complexity index is 1070. The van der Waals surface area contributed by atoms with Crippen molar-refractivity contribution >= 4 is 23.2 Å². The minimum atomic E-state index is -0.951. The van der Waals surface area contributed by atoms with Gasteiger partial charge in [0.25, 0.3) is 5.91 Å². The van der Waals surface area contributed by atoms with Crippen LogP contribution in [0.3, 0.4) is 0 Å². The van der Waals surface area contributed by atoms with E-state index in [0.717, 1.165) is 0 Å². The number of hydroxylamine groups is 1. The number of rotatable bonds is 3. The Balaban J connectivity index is 1.62. The quantitative estimate of drug-likeness (QED) is 0.699. The fraction of sp³-hybridized carbons (Fsp3) is 0.130. The molecule has 0 bridgehead atoms. The molecule has 2 aliphatic rings. The van der Waals surface area contributed by atoms with Crippen molar-refractivity contribution in [1.29, 1.82) is 0 Å². The molecule has 2 fully saturated rings. The van der Waals surface area contributed by atoms with E-state index in [-0.39, 0.29) is 11.7 Å². The monoisotopic (exact) mass is 386 g/mol. The number of hydrogen-bond acceptors (Lipinski definition) is 5. The highest BCUT2D eigenvalue weighted by atomic mass is 16.7. The lowest BCUT2D eigenvalue weighted by Gasteiger charge is -2.29. The first kappa shape index (κ1) is 17.5. The molecule has 0 saturated carbocycles. The van der Waals surface area contributed by atoms with Crippen LogP contribution >= 0.6 is 0 Å². The molecule has 2 aliphatic heterocycles. The van der Waals surface area contributed by atoms with Gasteiger partial charge in [-0.2, -0.15) is 0 Å². The van der Waals surface area contributed by atoms with E-state index in [1.807, 2.05) is 36.4 Å². The zero-order valence-electron chi connectivity index (χ0n) is 15.4. The number of nitrogens with zero attached hydrogens (tertiary/aromatic N) is 2. The van der Waals surface area contributed by atoms with Gasteiger partial charge < -0.3 is 5.11 Å². The van der Waals surface area contributed by atoms with Crippen LogP contribution < -0.4 is 9.96 Å². The minimum absolute atomic E-state index is 0.0566. The van der Waals surface area contributed by atoms with Gasteiger partial charge in [0, 0.05) is 5.56 Å². The summed E-state index contributed by atoms with van der Waals surface area (Å²) in [6, 6.07) is 24.3. The second kappa shape index (κ2) is 6.76. The van der Waals surface area contributed by atoms with Crippen molar-refractivity contribution in [2.45, 2.75) is 12.1 Å². The summed E-state index contributed by atoms with van der Waals surface area (Å²) in [5.74, 6) is -1.44. The SMILES string of the molecule is O=C1[C@H]2[C@@H](c3ccccc3O)N(c3ccccc3)O[C@H]2C(=O)N1c1ccccc1. The topological polar surface area (TPSA) is 70.1 Å². The molecule has 0 aliphatic carbocycles. The predicted molar refractivity (Wildman–Crippen MR) is 107 cm³/mol. The summed E-state index contributed by atoms with van der Waals surface area (Å²) in [6.07, 6.45) is -0.951. The van der Waals surface area contributed by atoms with Gasteiger partial charge in [0.1, 0.15) is 11.7 Å². The number of hydrogen-bond donors (Lipinski definition) is 1. The number of imide groups is 1. The van der Waals surface area contributed by atoms with Crippen LogP contribution in [0.15, 0.2) is 84.9 Å². The first-order valence-corrected chi connectivity index (χ1v) is 9.38. The maximum atomic E-state index is 13.4.